The van der Waals surface area contributed by atoms with Crippen molar-refractivity contribution in [1.29, 1.82) is 0 Å². The summed E-state index contributed by atoms with van der Waals surface area (Å²) in [6.07, 6.45) is 4.43. The van der Waals surface area contributed by atoms with E-state index in [1.54, 1.807) is 0 Å². The van der Waals surface area contributed by atoms with E-state index in [1.807, 2.05) is 6.92 Å². The van der Waals surface area contributed by atoms with Crippen LogP contribution in [0.25, 0.3) is 0 Å². The van der Waals surface area contributed by atoms with Crippen LogP contribution in [0.15, 0.2) is 0 Å². The number of carbonyl (C=O) groups is 1. The van der Waals surface area contributed by atoms with Gasteiger partial charge >= 0.3 is 5.97 Å². The molecule has 2 N–H and O–H groups in total. The molecule has 0 aromatic carbocycles. The lowest BCUT2D eigenvalue weighted by Gasteiger charge is -2.11. The Morgan fingerprint density at radius 3 is 2.77 bits per heavy atom. The molecular weight excluding hydrogens is 166 g/mol. The first-order chi connectivity index (χ1) is 6.27. The summed E-state index contributed by atoms with van der Waals surface area (Å²) < 4.78 is 5.12. The molecule has 1 saturated carbocycles. The number of esters is 1. The number of ether oxygens (including phenoxy) is 1. The third-order valence-corrected chi connectivity index (χ3v) is 2.58. The molecule has 0 aromatic heterocycles. The highest BCUT2D eigenvalue weighted by molar-refractivity contribution is 5.72. The van der Waals surface area contributed by atoms with Crippen LogP contribution >= 0.6 is 0 Å². The van der Waals surface area contributed by atoms with Crippen LogP contribution in [0, 0.1) is 11.8 Å². The third kappa shape index (κ3) is 3.77. The van der Waals surface area contributed by atoms with Gasteiger partial charge < -0.3 is 10.5 Å². The van der Waals surface area contributed by atoms with E-state index < -0.39 is 0 Å². The summed E-state index contributed by atoms with van der Waals surface area (Å²) in [4.78, 5) is 11.3. The van der Waals surface area contributed by atoms with Gasteiger partial charge in [-0.1, -0.05) is 19.8 Å². The largest absolute Gasteiger partial charge is 0.465 e. The number of nitrogens with two attached hydrogens (primary N) is 1. The van der Waals surface area contributed by atoms with Gasteiger partial charge in [0.2, 0.25) is 0 Å². The second kappa shape index (κ2) is 5.22. The standard InChI is InChI=1S/C10H19NO2/c1-2-9(7-11)10(12)13-6-5-8-3-4-8/h8-9H,2-7,11H2,1H3. The molecule has 1 fully saturated rings. The molecule has 0 aromatic rings. The molecular formula is C10H19NO2. The summed E-state index contributed by atoms with van der Waals surface area (Å²) in [5, 5.41) is 0. The lowest BCUT2D eigenvalue weighted by molar-refractivity contribution is -0.148. The van der Waals surface area contributed by atoms with Gasteiger partial charge in [0.05, 0.1) is 12.5 Å². The summed E-state index contributed by atoms with van der Waals surface area (Å²) in [5.41, 5.74) is 5.43. The SMILES string of the molecule is CCC(CN)C(=O)OCCC1CC1. The number of rotatable bonds is 6. The summed E-state index contributed by atoms with van der Waals surface area (Å²) in [6.45, 7) is 2.94. The van der Waals surface area contributed by atoms with E-state index in [-0.39, 0.29) is 11.9 Å². The molecule has 0 amide bonds. The highest BCUT2D eigenvalue weighted by Gasteiger charge is 2.22. The quantitative estimate of drug-likeness (QED) is 0.635. The van der Waals surface area contributed by atoms with Crippen LogP contribution in [0.1, 0.15) is 32.6 Å². The lowest BCUT2D eigenvalue weighted by atomic mass is 10.1. The summed E-state index contributed by atoms with van der Waals surface area (Å²) in [6, 6.07) is 0. The smallest absolute Gasteiger partial charge is 0.310 e. The van der Waals surface area contributed by atoms with Crippen molar-refractivity contribution >= 4 is 5.97 Å². The fourth-order valence-electron chi connectivity index (χ4n) is 1.28. The minimum absolute atomic E-state index is 0.0980. The van der Waals surface area contributed by atoms with E-state index in [4.69, 9.17) is 10.5 Å². The van der Waals surface area contributed by atoms with E-state index in [1.165, 1.54) is 12.8 Å². The Labute approximate surface area is 79.6 Å². The fraction of sp³-hybridized carbons (Fsp3) is 0.900. The zero-order valence-electron chi connectivity index (χ0n) is 8.29. The minimum atomic E-state index is -0.120. The minimum Gasteiger partial charge on any atom is -0.465 e. The zero-order valence-corrected chi connectivity index (χ0v) is 8.29. The van der Waals surface area contributed by atoms with Crippen molar-refractivity contribution in [2.45, 2.75) is 32.6 Å². The van der Waals surface area contributed by atoms with Gasteiger partial charge in [-0.2, -0.15) is 0 Å². The van der Waals surface area contributed by atoms with Crippen molar-refractivity contribution in [3.05, 3.63) is 0 Å². The van der Waals surface area contributed by atoms with Crippen LogP contribution < -0.4 is 5.73 Å². The second-order valence-electron chi connectivity index (χ2n) is 3.74. The van der Waals surface area contributed by atoms with Gasteiger partial charge in [0.1, 0.15) is 0 Å². The zero-order chi connectivity index (χ0) is 9.68. The van der Waals surface area contributed by atoms with Crippen molar-refractivity contribution in [3.8, 4) is 0 Å². The topological polar surface area (TPSA) is 52.3 Å². The van der Waals surface area contributed by atoms with E-state index in [9.17, 15) is 4.79 Å². The maximum Gasteiger partial charge on any atom is 0.310 e. The second-order valence-corrected chi connectivity index (χ2v) is 3.74. The first-order valence-corrected chi connectivity index (χ1v) is 5.14. The molecule has 0 aliphatic heterocycles. The van der Waals surface area contributed by atoms with Gasteiger partial charge in [-0.3, -0.25) is 4.79 Å². The molecule has 0 bridgehead atoms. The molecule has 3 heteroatoms. The predicted molar refractivity (Wildman–Crippen MR) is 51.1 cm³/mol. The molecule has 1 rings (SSSR count). The van der Waals surface area contributed by atoms with Gasteiger partial charge in [0.25, 0.3) is 0 Å². The number of hydrogen-bond donors (Lipinski definition) is 1. The number of carbonyl (C=O) groups excluding carboxylic acids is 1. The Hall–Kier alpha value is -0.570. The average Bonchev–Trinajstić information content (AvgIpc) is 2.90. The maximum atomic E-state index is 11.3. The van der Waals surface area contributed by atoms with Gasteiger partial charge in [0, 0.05) is 6.54 Å². The molecule has 76 valence electrons. The lowest BCUT2D eigenvalue weighted by Crippen LogP contribution is -2.25. The molecule has 13 heavy (non-hydrogen) atoms. The van der Waals surface area contributed by atoms with Crippen molar-refractivity contribution in [1.82, 2.24) is 0 Å². The molecule has 1 aliphatic carbocycles. The van der Waals surface area contributed by atoms with E-state index in [0.717, 1.165) is 18.8 Å². The van der Waals surface area contributed by atoms with Gasteiger partial charge in [-0.25, -0.2) is 0 Å². The Morgan fingerprint density at radius 2 is 2.31 bits per heavy atom. The van der Waals surface area contributed by atoms with Crippen LogP contribution in [0.5, 0.6) is 0 Å². The molecule has 0 radical (unpaired) electrons. The third-order valence-electron chi connectivity index (χ3n) is 2.58. The molecule has 0 heterocycles. The predicted octanol–water partition coefficient (Wildman–Crippen LogP) is 1.31. The van der Waals surface area contributed by atoms with Crippen molar-refractivity contribution < 1.29 is 9.53 Å². The molecule has 3 nitrogen and oxygen atoms in total. The normalized spacial score (nSPS) is 18.3. The Bertz CT molecular complexity index is 162. The van der Waals surface area contributed by atoms with E-state index in [2.05, 4.69) is 0 Å². The van der Waals surface area contributed by atoms with E-state index >= 15 is 0 Å². The van der Waals surface area contributed by atoms with Crippen LogP contribution in [0.2, 0.25) is 0 Å². The highest BCUT2D eigenvalue weighted by Crippen LogP contribution is 2.32. The van der Waals surface area contributed by atoms with Crippen LogP contribution in [-0.4, -0.2) is 19.1 Å². The first-order valence-electron chi connectivity index (χ1n) is 5.14. The molecule has 1 atom stereocenters. The summed E-state index contributed by atoms with van der Waals surface area (Å²) >= 11 is 0. The van der Waals surface area contributed by atoms with Crippen molar-refractivity contribution in [2.24, 2.45) is 17.6 Å². The van der Waals surface area contributed by atoms with Gasteiger partial charge in [-0.15, -0.1) is 0 Å². The highest BCUT2D eigenvalue weighted by atomic mass is 16.5. The van der Waals surface area contributed by atoms with Crippen molar-refractivity contribution in [2.75, 3.05) is 13.2 Å². The molecule has 1 aliphatic rings. The monoisotopic (exact) mass is 185 g/mol. The average molecular weight is 185 g/mol. The Morgan fingerprint density at radius 1 is 1.62 bits per heavy atom. The van der Waals surface area contributed by atoms with Crippen LogP contribution in [-0.2, 0) is 9.53 Å². The maximum absolute atomic E-state index is 11.3. The van der Waals surface area contributed by atoms with Gasteiger partial charge in [0.15, 0.2) is 0 Å². The summed E-state index contributed by atoms with van der Waals surface area (Å²) in [5.74, 6) is 0.607. The molecule has 1 unspecified atom stereocenters. The number of hydrogen-bond acceptors (Lipinski definition) is 3. The van der Waals surface area contributed by atoms with Crippen LogP contribution in [0.4, 0.5) is 0 Å². The Balaban J connectivity index is 2.07. The van der Waals surface area contributed by atoms with E-state index in [0.29, 0.717) is 13.2 Å². The first kappa shape index (κ1) is 10.5. The van der Waals surface area contributed by atoms with Crippen molar-refractivity contribution in [3.63, 3.8) is 0 Å². The summed E-state index contributed by atoms with van der Waals surface area (Å²) in [7, 11) is 0. The van der Waals surface area contributed by atoms with Gasteiger partial charge in [-0.05, 0) is 18.8 Å². The Kier molecular flexibility index (Phi) is 4.22. The fourth-order valence-corrected chi connectivity index (χ4v) is 1.28. The molecule has 0 spiro atoms. The van der Waals surface area contributed by atoms with Crippen LogP contribution in [0.3, 0.4) is 0 Å². The molecule has 0 saturated heterocycles.